The first kappa shape index (κ1) is 22.0. The number of nitrogens with two attached hydrogens (primary N) is 1. The van der Waals surface area contributed by atoms with Gasteiger partial charge in [-0.15, -0.1) is 0 Å². The maximum atomic E-state index is 13.9. The lowest BCUT2D eigenvalue weighted by atomic mass is 10.1. The molecule has 1 aliphatic carbocycles. The van der Waals surface area contributed by atoms with Crippen LogP contribution in [0.15, 0.2) is 18.3 Å². The van der Waals surface area contributed by atoms with Gasteiger partial charge in [-0.05, 0) is 24.5 Å². The predicted molar refractivity (Wildman–Crippen MR) is 99.8 cm³/mol. The van der Waals surface area contributed by atoms with E-state index in [1.54, 1.807) is 0 Å². The Morgan fingerprint density at radius 2 is 2.13 bits per heavy atom. The van der Waals surface area contributed by atoms with E-state index in [9.17, 15) is 27.2 Å². The highest BCUT2D eigenvalue weighted by Crippen LogP contribution is 2.41. The van der Waals surface area contributed by atoms with Gasteiger partial charge in [0.1, 0.15) is 16.4 Å². The molecule has 3 rings (SSSR count). The molecule has 0 unspecified atom stereocenters. The van der Waals surface area contributed by atoms with Gasteiger partial charge in [-0.3, -0.25) is 19.3 Å². The number of nitrogens with zero attached hydrogens (tertiary/aromatic N) is 3. The third-order valence-corrected chi connectivity index (χ3v) is 5.09. The smallest absolute Gasteiger partial charge is 0.290 e. The third kappa shape index (κ3) is 4.72. The van der Waals surface area contributed by atoms with Gasteiger partial charge in [-0.1, -0.05) is 11.6 Å². The van der Waals surface area contributed by atoms with Crippen LogP contribution in [0, 0.1) is 5.92 Å². The van der Waals surface area contributed by atoms with Crippen molar-refractivity contribution in [2.45, 2.75) is 44.6 Å². The maximum Gasteiger partial charge on any atom is 0.290 e. The Bertz CT molecular complexity index is 989. The Hall–Kier alpha value is -2.69. The average molecular weight is 448 g/mol. The van der Waals surface area contributed by atoms with Crippen molar-refractivity contribution >= 4 is 29.1 Å². The quantitative estimate of drug-likeness (QED) is 0.657. The normalized spacial score (nSPS) is 18.4. The first-order valence-corrected chi connectivity index (χ1v) is 9.35. The van der Waals surface area contributed by atoms with Crippen molar-refractivity contribution in [3.05, 3.63) is 40.4 Å². The second-order valence-electron chi connectivity index (χ2n) is 7.29. The Morgan fingerprint density at radius 1 is 1.43 bits per heavy atom. The molecule has 3 N–H and O–H groups in total. The first-order valence-electron chi connectivity index (χ1n) is 8.97. The number of aromatic nitrogens is 3. The van der Waals surface area contributed by atoms with Crippen LogP contribution in [-0.4, -0.2) is 32.5 Å². The number of hydrogen-bond donors (Lipinski definition) is 2. The summed E-state index contributed by atoms with van der Waals surface area (Å²) in [7, 11) is 0. The van der Waals surface area contributed by atoms with E-state index in [2.05, 4.69) is 15.4 Å². The number of alkyl halides is 4. The molecule has 1 aliphatic rings. The lowest BCUT2D eigenvalue weighted by molar-refractivity contribution is 0.00350. The summed E-state index contributed by atoms with van der Waals surface area (Å²) in [5.41, 5.74) is 3.92. The van der Waals surface area contributed by atoms with E-state index in [4.69, 9.17) is 17.3 Å². The average Bonchev–Trinajstić information content (AvgIpc) is 3.14. The third-order valence-electron chi connectivity index (χ3n) is 4.73. The van der Waals surface area contributed by atoms with E-state index >= 15 is 0 Å². The lowest BCUT2D eigenvalue weighted by Gasteiger charge is -2.13. The van der Waals surface area contributed by atoms with Crippen LogP contribution in [0.5, 0.6) is 0 Å². The van der Waals surface area contributed by atoms with Gasteiger partial charge in [0.2, 0.25) is 5.92 Å². The minimum atomic E-state index is -3.45. The Labute approximate surface area is 173 Å². The molecule has 0 radical (unpaired) electrons. The van der Waals surface area contributed by atoms with Crippen LogP contribution in [0.2, 0.25) is 5.02 Å². The van der Waals surface area contributed by atoms with E-state index < -0.39 is 46.7 Å². The molecule has 2 aromatic rings. The summed E-state index contributed by atoms with van der Waals surface area (Å²) in [5.74, 6) is -8.57. The van der Waals surface area contributed by atoms with Crippen molar-refractivity contribution in [2.75, 3.05) is 5.32 Å². The fourth-order valence-corrected chi connectivity index (χ4v) is 3.73. The lowest BCUT2D eigenvalue weighted by Crippen LogP contribution is -2.22. The van der Waals surface area contributed by atoms with Gasteiger partial charge >= 0.3 is 0 Å². The minimum absolute atomic E-state index is 0.116. The van der Waals surface area contributed by atoms with Crippen molar-refractivity contribution in [1.82, 2.24) is 14.8 Å². The number of amides is 2. The predicted octanol–water partition coefficient (Wildman–Crippen LogP) is 3.83. The number of primary amides is 1. The van der Waals surface area contributed by atoms with Gasteiger partial charge in [-0.2, -0.15) is 13.9 Å². The Balaban J connectivity index is 1.93. The Morgan fingerprint density at radius 3 is 2.70 bits per heavy atom. The van der Waals surface area contributed by atoms with Crippen LogP contribution >= 0.6 is 11.6 Å². The van der Waals surface area contributed by atoms with E-state index in [1.165, 1.54) is 18.3 Å². The van der Waals surface area contributed by atoms with Crippen LogP contribution in [-0.2, 0) is 12.5 Å². The first-order chi connectivity index (χ1) is 13.9. The van der Waals surface area contributed by atoms with Crippen LogP contribution in [0.1, 0.15) is 52.9 Å². The highest BCUT2D eigenvalue weighted by Gasteiger charge is 2.41. The number of nitrogens with one attached hydrogen (secondary N) is 1. The zero-order chi connectivity index (χ0) is 22.3. The zero-order valence-electron chi connectivity index (χ0n) is 15.8. The van der Waals surface area contributed by atoms with E-state index in [0.29, 0.717) is 6.92 Å². The number of carbonyl (C=O) groups excluding carboxylic acids is 2. The van der Waals surface area contributed by atoms with Gasteiger partial charge in [0.05, 0.1) is 0 Å². The van der Waals surface area contributed by atoms with Crippen molar-refractivity contribution in [2.24, 2.45) is 11.7 Å². The summed E-state index contributed by atoms with van der Waals surface area (Å²) in [6.45, 7) is 0.399. The molecular weight excluding hydrogens is 430 g/mol. The van der Waals surface area contributed by atoms with E-state index in [-0.39, 0.29) is 36.5 Å². The number of anilines is 1. The summed E-state index contributed by atoms with van der Waals surface area (Å²) >= 11 is 6.04. The summed E-state index contributed by atoms with van der Waals surface area (Å²) in [4.78, 5) is 27.8. The zero-order valence-corrected chi connectivity index (χ0v) is 16.5. The largest absolute Gasteiger partial charge is 0.364 e. The molecular formula is C18H18ClF4N5O2. The summed E-state index contributed by atoms with van der Waals surface area (Å²) in [5, 5.41) is 5.58. The molecule has 1 saturated carbocycles. The molecule has 0 bridgehead atoms. The van der Waals surface area contributed by atoms with Gasteiger partial charge < -0.3 is 11.1 Å². The summed E-state index contributed by atoms with van der Waals surface area (Å²) in [6, 6.07) is 2.55. The van der Waals surface area contributed by atoms with Gasteiger partial charge in [-0.25, -0.2) is 8.78 Å². The van der Waals surface area contributed by atoms with Crippen molar-refractivity contribution < 1.29 is 27.2 Å². The number of halogens is 5. The van der Waals surface area contributed by atoms with Crippen LogP contribution in [0.3, 0.4) is 0 Å². The number of rotatable bonds is 6. The number of pyridine rings is 1. The second kappa shape index (κ2) is 7.86. The fraction of sp³-hybridized carbons (Fsp3) is 0.444. The molecule has 2 aromatic heterocycles. The number of carbonyl (C=O) groups is 2. The molecule has 1 atom stereocenters. The standard InChI is InChI=1S/C18H18ClF4N5O2/c1-17(20,21)14-12(19)13(28(27-14)8-9-2-4-18(22,23)7-9)16(30)26-10-3-5-25-11(6-10)15(24)29/h3,5-6,9H,2,4,7-8H2,1H3,(H2,24,29)(H,25,26,30)/t9-/m1/s1. The van der Waals surface area contributed by atoms with Crippen molar-refractivity contribution in [3.63, 3.8) is 0 Å². The summed E-state index contributed by atoms with van der Waals surface area (Å²) in [6.07, 6.45) is 0.629. The van der Waals surface area contributed by atoms with Crippen molar-refractivity contribution in [1.29, 1.82) is 0 Å². The highest BCUT2D eigenvalue weighted by molar-refractivity contribution is 6.34. The molecule has 12 heteroatoms. The minimum Gasteiger partial charge on any atom is -0.364 e. The molecule has 7 nitrogen and oxygen atoms in total. The Kier molecular flexibility index (Phi) is 5.76. The molecule has 0 saturated heterocycles. The molecule has 2 amide bonds. The maximum absolute atomic E-state index is 13.9. The topological polar surface area (TPSA) is 103 Å². The van der Waals surface area contributed by atoms with Crippen LogP contribution in [0.25, 0.3) is 0 Å². The second-order valence-corrected chi connectivity index (χ2v) is 7.67. The monoisotopic (exact) mass is 447 g/mol. The SMILES string of the molecule is CC(F)(F)c1nn(C[C@@H]2CCC(F)(F)C2)c(C(=O)Nc2ccnc(C(N)=O)c2)c1Cl. The fourth-order valence-electron chi connectivity index (χ4n) is 3.35. The van der Waals surface area contributed by atoms with E-state index in [0.717, 1.165) is 4.68 Å². The molecule has 162 valence electrons. The molecule has 1 fully saturated rings. The van der Waals surface area contributed by atoms with Gasteiger partial charge in [0, 0.05) is 38.2 Å². The molecule has 0 aromatic carbocycles. The summed E-state index contributed by atoms with van der Waals surface area (Å²) < 4.78 is 55.8. The molecule has 2 heterocycles. The van der Waals surface area contributed by atoms with Gasteiger partial charge in [0.25, 0.3) is 17.7 Å². The van der Waals surface area contributed by atoms with E-state index in [1.807, 2.05) is 0 Å². The molecule has 0 aliphatic heterocycles. The van der Waals surface area contributed by atoms with Crippen LogP contribution < -0.4 is 11.1 Å². The molecule has 30 heavy (non-hydrogen) atoms. The van der Waals surface area contributed by atoms with Crippen LogP contribution in [0.4, 0.5) is 23.2 Å². The number of hydrogen-bond acceptors (Lipinski definition) is 4. The molecule has 0 spiro atoms. The van der Waals surface area contributed by atoms with Crippen molar-refractivity contribution in [3.8, 4) is 0 Å². The highest BCUT2D eigenvalue weighted by atomic mass is 35.5. The van der Waals surface area contributed by atoms with Gasteiger partial charge in [0.15, 0.2) is 5.69 Å².